The number of nitrogens with one attached hydrogen (secondary N) is 1. The van der Waals surface area contributed by atoms with Crippen molar-refractivity contribution in [1.29, 1.82) is 0 Å². The minimum absolute atomic E-state index is 0.0868. The zero-order valence-electron chi connectivity index (χ0n) is 11.2. The van der Waals surface area contributed by atoms with E-state index in [2.05, 4.69) is 5.32 Å². The summed E-state index contributed by atoms with van der Waals surface area (Å²) < 4.78 is 0. The summed E-state index contributed by atoms with van der Waals surface area (Å²) in [7, 11) is 0. The smallest absolute Gasteiger partial charge is 0.239 e. The summed E-state index contributed by atoms with van der Waals surface area (Å²) in [6, 6.07) is 0.701. The first-order valence-corrected chi connectivity index (χ1v) is 7.47. The van der Waals surface area contributed by atoms with E-state index in [0.717, 1.165) is 51.6 Å². The molecule has 1 aliphatic heterocycles. The van der Waals surface area contributed by atoms with E-state index in [9.17, 15) is 4.79 Å². The number of hydrogen-bond donors (Lipinski definition) is 2. The largest absolute Gasteiger partial charge is 0.396 e. The van der Waals surface area contributed by atoms with Crippen LogP contribution in [0.4, 0.5) is 0 Å². The molecule has 0 aromatic rings. The number of unbranched alkanes of at least 4 members (excludes halogenated alkanes) is 3. The monoisotopic (exact) mass is 254 g/mol. The predicted molar refractivity (Wildman–Crippen MR) is 71.3 cm³/mol. The molecule has 2 fully saturated rings. The number of nitrogens with zero attached hydrogens (tertiary/aromatic N) is 1. The third kappa shape index (κ3) is 4.25. The highest BCUT2D eigenvalue weighted by Gasteiger charge is 2.32. The summed E-state index contributed by atoms with van der Waals surface area (Å²) in [5.74, 6) is 0.315. The predicted octanol–water partition coefficient (Wildman–Crippen LogP) is 1.28. The van der Waals surface area contributed by atoms with Crippen molar-refractivity contribution in [2.45, 2.75) is 63.5 Å². The van der Waals surface area contributed by atoms with Gasteiger partial charge in [0, 0.05) is 25.7 Å². The second-order valence-electron chi connectivity index (χ2n) is 5.60. The lowest BCUT2D eigenvalue weighted by Crippen LogP contribution is -2.51. The van der Waals surface area contributed by atoms with Gasteiger partial charge in [0.15, 0.2) is 0 Å². The number of aliphatic hydroxyl groups is 1. The summed E-state index contributed by atoms with van der Waals surface area (Å²) in [6.07, 6.45) is 8.77. The highest BCUT2D eigenvalue weighted by atomic mass is 16.2. The Morgan fingerprint density at radius 3 is 2.67 bits per heavy atom. The average Bonchev–Trinajstić information content (AvgIpc) is 3.17. The van der Waals surface area contributed by atoms with Crippen molar-refractivity contribution in [3.05, 3.63) is 0 Å². The van der Waals surface area contributed by atoms with E-state index in [0.29, 0.717) is 11.9 Å². The summed E-state index contributed by atoms with van der Waals surface area (Å²) >= 11 is 0. The maximum Gasteiger partial charge on any atom is 0.239 e. The molecular formula is C14H26N2O2. The molecule has 1 saturated heterocycles. The van der Waals surface area contributed by atoms with Crippen molar-refractivity contribution in [2.75, 3.05) is 19.7 Å². The molecule has 1 aliphatic carbocycles. The van der Waals surface area contributed by atoms with Gasteiger partial charge in [0.05, 0.1) is 6.04 Å². The third-order valence-electron chi connectivity index (χ3n) is 3.88. The lowest BCUT2D eigenvalue weighted by Gasteiger charge is -2.33. The quantitative estimate of drug-likeness (QED) is 0.642. The Morgan fingerprint density at radius 1 is 1.17 bits per heavy atom. The highest BCUT2D eigenvalue weighted by Crippen LogP contribution is 2.22. The summed E-state index contributed by atoms with van der Waals surface area (Å²) in [5.41, 5.74) is 0. The fourth-order valence-electron chi connectivity index (χ4n) is 2.62. The maximum absolute atomic E-state index is 12.2. The van der Waals surface area contributed by atoms with Crippen molar-refractivity contribution < 1.29 is 9.90 Å². The first-order chi connectivity index (χ1) is 8.81. The molecule has 1 unspecified atom stereocenters. The Balaban J connectivity index is 1.65. The van der Waals surface area contributed by atoms with Crippen LogP contribution in [0.3, 0.4) is 0 Å². The minimum Gasteiger partial charge on any atom is -0.396 e. The number of carbonyl (C=O) groups excluding carboxylic acids is 1. The number of likely N-dealkylation sites (tertiary alicyclic amines) is 1. The maximum atomic E-state index is 12.2. The number of amides is 1. The van der Waals surface area contributed by atoms with Crippen LogP contribution in [-0.4, -0.2) is 47.7 Å². The summed E-state index contributed by atoms with van der Waals surface area (Å²) in [6.45, 7) is 2.12. The molecule has 2 aliphatic rings. The molecule has 0 bridgehead atoms. The molecule has 1 amide bonds. The second kappa shape index (κ2) is 7.10. The zero-order chi connectivity index (χ0) is 12.8. The van der Waals surface area contributed by atoms with Gasteiger partial charge in [-0.2, -0.15) is 0 Å². The number of piperidine rings is 1. The van der Waals surface area contributed by atoms with Crippen LogP contribution in [0.15, 0.2) is 0 Å². The second-order valence-corrected chi connectivity index (χ2v) is 5.60. The standard InChI is InChI=1S/C14H26N2O2/c17-11-4-2-1-3-9-16-10-5-6-13(14(16)18)15-12-7-8-12/h12-13,15,17H,1-11H2. The lowest BCUT2D eigenvalue weighted by atomic mass is 10.0. The molecule has 1 saturated carbocycles. The summed E-state index contributed by atoms with van der Waals surface area (Å²) in [5, 5.41) is 12.2. The van der Waals surface area contributed by atoms with Crippen LogP contribution in [0.1, 0.15) is 51.4 Å². The van der Waals surface area contributed by atoms with E-state index >= 15 is 0 Å². The number of rotatable bonds is 8. The van der Waals surface area contributed by atoms with Crippen LogP contribution in [0.25, 0.3) is 0 Å². The van der Waals surface area contributed by atoms with Crippen LogP contribution >= 0.6 is 0 Å². The van der Waals surface area contributed by atoms with Gasteiger partial charge in [-0.15, -0.1) is 0 Å². The SMILES string of the molecule is O=C1C(NC2CC2)CCCN1CCCCCCO. The molecule has 2 N–H and O–H groups in total. The molecule has 4 heteroatoms. The van der Waals surface area contributed by atoms with E-state index in [1.165, 1.54) is 12.8 Å². The first kappa shape index (κ1) is 13.8. The lowest BCUT2D eigenvalue weighted by molar-refractivity contribution is -0.136. The van der Waals surface area contributed by atoms with Crippen LogP contribution in [0, 0.1) is 0 Å². The Kier molecular flexibility index (Phi) is 5.45. The normalized spacial score (nSPS) is 24.6. The van der Waals surface area contributed by atoms with Crippen molar-refractivity contribution >= 4 is 5.91 Å². The minimum atomic E-state index is 0.0868. The van der Waals surface area contributed by atoms with Gasteiger partial charge in [-0.3, -0.25) is 4.79 Å². The van der Waals surface area contributed by atoms with E-state index in [1.807, 2.05) is 4.90 Å². The molecule has 1 atom stereocenters. The van der Waals surface area contributed by atoms with Gasteiger partial charge in [0.25, 0.3) is 0 Å². The van der Waals surface area contributed by atoms with Crippen molar-refractivity contribution in [2.24, 2.45) is 0 Å². The Hall–Kier alpha value is -0.610. The van der Waals surface area contributed by atoms with Crippen molar-refractivity contribution in [3.8, 4) is 0 Å². The van der Waals surface area contributed by atoms with E-state index in [1.54, 1.807) is 0 Å². The molecule has 18 heavy (non-hydrogen) atoms. The number of hydrogen-bond acceptors (Lipinski definition) is 3. The van der Waals surface area contributed by atoms with Crippen LogP contribution in [-0.2, 0) is 4.79 Å². The Labute approximate surface area is 110 Å². The van der Waals surface area contributed by atoms with Crippen molar-refractivity contribution in [1.82, 2.24) is 10.2 Å². The first-order valence-electron chi connectivity index (χ1n) is 7.47. The topological polar surface area (TPSA) is 52.6 Å². The molecule has 4 nitrogen and oxygen atoms in total. The van der Waals surface area contributed by atoms with Gasteiger partial charge in [0.1, 0.15) is 0 Å². The molecule has 1 heterocycles. The van der Waals surface area contributed by atoms with Crippen LogP contribution < -0.4 is 5.32 Å². The fourth-order valence-corrected chi connectivity index (χ4v) is 2.62. The average molecular weight is 254 g/mol. The highest BCUT2D eigenvalue weighted by molar-refractivity contribution is 5.82. The molecule has 104 valence electrons. The van der Waals surface area contributed by atoms with Gasteiger partial charge in [-0.1, -0.05) is 12.8 Å². The zero-order valence-corrected chi connectivity index (χ0v) is 11.2. The van der Waals surface area contributed by atoms with Gasteiger partial charge in [-0.25, -0.2) is 0 Å². The molecular weight excluding hydrogens is 228 g/mol. The molecule has 0 aromatic heterocycles. The summed E-state index contributed by atoms with van der Waals surface area (Å²) in [4.78, 5) is 14.3. The van der Waals surface area contributed by atoms with E-state index in [-0.39, 0.29) is 12.6 Å². The third-order valence-corrected chi connectivity index (χ3v) is 3.88. The molecule has 0 radical (unpaired) electrons. The Bertz CT molecular complexity index is 267. The van der Waals surface area contributed by atoms with Gasteiger partial charge >= 0.3 is 0 Å². The van der Waals surface area contributed by atoms with Gasteiger partial charge < -0.3 is 15.3 Å². The van der Waals surface area contributed by atoms with E-state index < -0.39 is 0 Å². The van der Waals surface area contributed by atoms with Gasteiger partial charge in [-0.05, 0) is 38.5 Å². The van der Waals surface area contributed by atoms with Crippen LogP contribution in [0.2, 0.25) is 0 Å². The van der Waals surface area contributed by atoms with Gasteiger partial charge in [0.2, 0.25) is 5.91 Å². The number of carbonyl (C=O) groups is 1. The van der Waals surface area contributed by atoms with E-state index in [4.69, 9.17) is 5.11 Å². The van der Waals surface area contributed by atoms with Crippen molar-refractivity contribution in [3.63, 3.8) is 0 Å². The Morgan fingerprint density at radius 2 is 1.94 bits per heavy atom. The molecule has 0 spiro atoms. The molecule has 0 aromatic carbocycles. The fraction of sp³-hybridized carbons (Fsp3) is 0.929. The number of aliphatic hydroxyl groups excluding tert-OH is 1. The van der Waals surface area contributed by atoms with Crippen LogP contribution in [0.5, 0.6) is 0 Å². The molecule has 2 rings (SSSR count).